The highest BCUT2D eigenvalue weighted by Gasteiger charge is 2.13. The number of hydrogen-bond donors (Lipinski definition) is 1. The van der Waals surface area contributed by atoms with Crippen LogP contribution in [-0.4, -0.2) is 20.0 Å². The van der Waals surface area contributed by atoms with Crippen molar-refractivity contribution in [1.29, 1.82) is 0 Å². The number of amides is 1. The molecule has 0 atom stereocenters. The predicted molar refractivity (Wildman–Crippen MR) is 92.9 cm³/mol. The molecule has 0 aliphatic heterocycles. The maximum Gasteiger partial charge on any atom is 0.255 e. The van der Waals surface area contributed by atoms with Gasteiger partial charge in [0.2, 0.25) is 0 Å². The number of hydrogen-bond acceptors (Lipinski definition) is 2. The lowest BCUT2D eigenvalue weighted by Gasteiger charge is -2.19. The van der Waals surface area contributed by atoms with E-state index in [-0.39, 0.29) is 5.91 Å². The Bertz CT molecular complexity index is 669. The molecule has 1 amide bonds. The van der Waals surface area contributed by atoms with Gasteiger partial charge in [-0.25, -0.2) is 0 Å². The molecule has 0 unspecified atom stereocenters. The lowest BCUT2D eigenvalue weighted by molar-refractivity contribution is 0.102. The van der Waals surface area contributed by atoms with E-state index in [2.05, 4.69) is 21.2 Å². The first-order chi connectivity index (χ1) is 9.88. The summed E-state index contributed by atoms with van der Waals surface area (Å²) in [5.74, 6) is -0.247. The van der Waals surface area contributed by atoms with Crippen LogP contribution in [0, 0.1) is 0 Å². The fourth-order valence-electron chi connectivity index (χ4n) is 1.95. The van der Waals surface area contributed by atoms with Gasteiger partial charge in [-0.05, 0) is 30.3 Å². The van der Waals surface area contributed by atoms with Gasteiger partial charge in [0.05, 0.1) is 16.4 Å². The average molecular weight is 388 g/mol. The molecular weight excluding hydrogens is 375 g/mol. The van der Waals surface area contributed by atoms with Crippen molar-refractivity contribution >= 4 is 56.4 Å². The smallest absolute Gasteiger partial charge is 0.255 e. The van der Waals surface area contributed by atoms with Crippen LogP contribution in [0.4, 0.5) is 11.4 Å². The summed E-state index contributed by atoms with van der Waals surface area (Å²) in [5.41, 5.74) is 1.88. The van der Waals surface area contributed by atoms with Gasteiger partial charge < -0.3 is 10.2 Å². The number of carbonyl (C=O) groups excluding carboxylic acids is 1. The number of halogens is 3. The van der Waals surface area contributed by atoms with Gasteiger partial charge in [0.1, 0.15) is 0 Å². The molecule has 0 aliphatic carbocycles. The third-order valence-corrected chi connectivity index (χ3v) is 3.79. The van der Waals surface area contributed by atoms with Gasteiger partial charge in [-0.15, -0.1) is 0 Å². The normalized spacial score (nSPS) is 10.3. The molecule has 0 aliphatic rings. The largest absolute Gasteiger partial charge is 0.375 e. The number of nitrogens with zero attached hydrogens (tertiary/aromatic N) is 1. The summed E-state index contributed by atoms with van der Waals surface area (Å²) in [4.78, 5) is 14.2. The standard InChI is InChI=1S/C15H13BrCl2N2O/c1-20(2)14-12(18)4-3-5-13(14)19-15(21)9-6-10(16)8-11(17)7-9/h3-8H,1-2H3,(H,19,21). The molecule has 6 heteroatoms. The summed E-state index contributed by atoms with van der Waals surface area (Å²) >= 11 is 15.5. The molecule has 0 spiro atoms. The quantitative estimate of drug-likeness (QED) is 0.796. The lowest BCUT2D eigenvalue weighted by Crippen LogP contribution is -2.17. The third kappa shape index (κ3) is 3.90. The predicted octanol–water partition coefficient (Wildman–Crippen LogP) is 5.07. The Morgan fingerprint density at radius 2 is 1.90 bits per heavy atom. The van der Waals surface area contributed by atoms with Crippen LogP contribution in [0.25, 0.3) is 0 Å². The van der Waals surface area contributed by atoms with E-state index in [0.717, 1.165) is 10.2 Å². The molecule has 0 heterocycles. The highest BCUT2D eigenvalue weighted by atomic mass is 79.9. The van der Waals surface area contributed by atoms with Crippen LogP contribution in [0.1, 0.15) is 10.4 Å². The average Bonchev–Trinajstić information content (AvgIpc) is 2.37. The van der Waals surface area contributed by atoms with Crippen molar-refractivity contribution in [3.63, 3.8) is 0 Å². The number of carbonyl (C=O) groups is 1. The van der Waals surface area contributed by atoms with Crippen molar-refractivity contribution in [2.45, 2.75) is 0 Å². The van der Waals surface area contributed by atoms with E-state index in [0.29, 0.717) is 21.3 Å². The van der Waals surface area contributed by atoms with Gasteiger partial charge in [-0.3, -0.25) is 4.79 Å². The van der Waals surface area contributed by atoms with E-state index >= 15 is 0 Å². The Hall–Kier alpha value is -1.23. The summed E-state index contributed by atoms with van der Waals surface area (Å²) in [6.07, 6.45) is 0. The van der Waals surface area contributed by atoms with Crippen LogP contribution in [-0.2, 0) is 0 Å². The van der Waals surface area contributed by atoms with Crippen molar-refractivity contribution in [2.75, 3.05) is 24.3 Å². The Labute approximate surface area is 142 Å². The minimum atomic E-state index is -0.247. The molecule has 0 fully saturated rings. The van der Waals surface area contributed by atoms with Gasteiger partial charge in [-0.1, -0.05) is 45.2 Å². The monoisotopic (exact) mass is 386 g/mol. The topological polar surface area (TPSA) is 32.3 Å². The number of para-hydroxylation sites is 1. The zero-order valence-electron chi connectivity index (χ0n) is 11.5. The highest BCUT2D eigenvalue weighted by Crippen LogP contribution is 2.33. The van der Waals surface area contributed by atoms with Gasteiger partial charge >= 0.3 is 0 Å². The van der Waals surface area contributed by atoms with Crippen LogP contribution < -0.4 is 10.2 Å². The Balaban J connectivity index is 2.34. The SMILES string of the molecule is CN(C)c1c(Cl)cccc1NC(=O)c1cc(Cl)cc(Br)c1. The van der Waals surface area contributed by atoms with Crippen molar-refractivity contribution in [2.24, 2.45) is 0 Å². The van der Waals surface area contributed by atoms with Crippen LogP contribution in [0.3, 0.4) is 0 Å². The summed E-state index contributed by atoms with van der Waals surface area (Å²) in [7, 11) is 3.74. The molecular formula is C15H13BrCl2N2O. The van der Waals surface area contributed by atoms with E-state index < -0.39 is 0 Å². The van der Waals surface area contributed by atoms with Gasteiger partial charge in [0.25, 0.3) is 5.91 Å². The molecule has 2 rings (SSSR count). The van der Waals surface area contributed by atoms with Crippen LogP contribution in [0.2, 0.25) is 10.0 Å². The van der Waals surface area contributed by atoms with Crippen molar-refractivity contribution < 1.29 is 4.79 Å². The zero-order chi connectivity index (χ0) is 15.6. The summed E-state index contributed by atoms with van der Waals surface area (Å²) in [6.45, 7) is 0. The molecule has 0 aromatic heterocycles. The molecule has 1 N–H and O–H groups in total. The van der Waals surface area contributed by atoms with Crippen LogP contribution in [0.15, 0.2) is 40.9 Å². The first kappa shape index (κ1) is 16.1. The minimum Gasteiger partial charge on any atom is -0.375 e. The molecule has 0 saturated carbocycles. The molecule has 2 aromatic rings. The van der Waals surface area contributed by atoms with E-state index in [9.17, 15) is 4.79 Å². The van der Waals surface area contributed by atoms with Crippen molar-refractivity contribution in [3.8, 4) is 0 Å². The molecule has 0 bridgehead atoms. The maximum atomic E-state index is 12.4. The van der Waals surface area contributed by atoms with Gasteiger partial charge in [-0.2, -0.15) is 0 Å². The number of anilines is 2. The minimum absolute atomic E-state index is 0.247. The molecule has 110 valence electrons. The first-order valence-electron chi connectivity index (χ1n) is 6.12. The maximum absolute atomic E-state index is 12.4. The second-order valence-electron chi connectivity index (χ2n) is 4.64. The van der Waals surface area contributed by atoms with E-state index in [1.54, 1.807) is 36.4 Å². The molecule has 21 heavy (non-hydrogen) atoms. The lowest BCUT2D eigenvalue weighted by atomic mass is 10.2. The summed E-state index contributed by atoms with van der Waals surface area (Å²) < 4.78 is 0.749. The number of rotatable bonds is 3. The van der Waals surface area contributed by atoms with E-state index in [4.69, 9.17) is 23.2 Å². The second-order valence-corrected chi connectivity index (χ2v) is 6.40. The second kappa shape index (κ2) is 6.69. The van der Waals surface area contributed by atoms with Crippen LogP contribution >= 0.6 is 39.1 Å². The fourth-order valence-corrected chi connectivity index (χ4v) is 3.15. The van der Waals surface area contributed by atoms with Gasteiger partial charge in [0.15, 0.2) is 0 Å². The molecule has 3 nitrogen and oxygen atoms in total. The Morgan fingerprint density at radius 3 is 2.52 bits per heavy atom. The summed E-state index contributed by atoms with van der Waals surface area (Å²) in [5, 5.41) is 3.93. The Kier molecular flexibility index (Phi) is 5.14. The molecule has 0 radical (unpaired) electrons. The summed E-state index contributed by atoms with van der Waals surface area (Å²) in [6, 6.07) is 10.4. The number of nitrogens with one attached hydrogen (secondary N) is 1. The van der Waals surface area contributed by atoms with Crippen LogP contribution in [0.5, 0.6) is 0 Å². The van der Waals surface area contributed by atoms with Gasteiger partial charge in [0, 0.05) is 29.2 Å². The van der Waals surface area contributed by atoms with Crippen molar-refractivity contribution in [1.82, 2.24) is 0 Å². The highest BCUT2D eigenvalue weighted by molar-refractivity contribution is 9.10. The molecule has 0 saturated heterocycles. The number of benzene rings is 2. The third-order valence-electron chi connectivity index (χ3n) is 2.81. The van der Waals surface area contributed by atoms with E-state index in [1.165, 1.54) is 0 Å². The zero-order valence-corrected chi connectivity index (χ0v) is 14.6. The Morgan fingerprint density at radius 1 is 1.19 bits per heavy atom. The van der Waals surface area contributed by atoms with E-state index in [1.807, 2.05) is 19.0 Å². The molecule has 2 aromatic carbocycles. The van der Waals surface area contributed by atoms with Crippen molar-refractivity contribution in [3.05, 3.63) is 56.5 Å². The fraction of sp³-hybridized carbons (Fsp3) is 0.133. The first-order valence-corrected chi connectivity index (χ1v) is 7.66.